The lowest BCUT2D eigenvalue weighted by Crippen LogP contribution is -2.31. The predicted molar refractivity (Wildman–Crippen MR) is 45.6 cm³/mol. The van der Waals surface area contributed by atoms with Crippen molar-refractivity contribution in [2.45, 2.75) is 31.2 Å². The molecule has 1 aromatic heterocycles. The van der Waals surface area contributed by atoms with Crippen molar-refractivity contribution >= 4 is 0 Å². The Bertz CT molecular complexity index is 285. The molecule has 66 valence electrons. The Hall–Kier alpha value is -0.900. The van der Waals surface area contributed by atoms with Crippen LogP contribution in [-0.2, 0) is 12.5 Å². The fourth-order valence-electron chi connectivity index (χ4n) is 1.65. The van der Waals surface area contributed by atoms with Crippen LogP contribution in [0.25, 0.3) is 0 Å². The van der Waals surface area contributed by atoms with Crippen LogP contribution in [0.1, 0.15) is 25.5 Å². The largest absolute Gasteiger partial charge is 0.327 e. The van der Waals surface area contributed by atoms with Gasteiger partial charge in [-0.1, -0.05) is 5.21 Å². The molecule has 2 N–H and O–H groups in total. The predicted octanol–water partition coefficient (Wildman–Crippen LogP) is 0.194. The SMILES string of the molecule is CC(N)C1(c2cn(C)nn2)CC1. The van der Waals surface area contributed by atoms with Crippen LogP contribution in [0.4, 0.5) is 0 Å². The lowest BCUT2D eigenvalue weighted by molar-refractivity contribution is 0.541. The van der Waals surface area contributed by atoms with E-state index in [1.807, 2.05) is 20.2 Å². The summed E-state index contributed by atoms with van der Waals surface area (Å²) in [6.07, 6.45) is 4.28. The van der Waals surface area contributed by atoms with Crippen LogP contribution in [0.3, 0.4) is 0 Å². The Labute approximate surface area is 71.8 Å². The van der Waals surface area contributed by atoms with E-state index < -0.39 is 0 Å². The molecule has 0 radical (unpaired) electrons. The molecular formula is C8H14N4. The molecule has 1 saturated carbocycles. The maximum atomic E-state index is 5.90. The first-order chi connectivity index (χ1) is 5.65. The van der Waals surface area contributed by atoms with E-state index in [9.17, 15) is 0 Å². The summed E-state index contributed by atoms with van der Waals surface area (Å²) in [5, 5.41) is 8.02. The highest BCUT2D eigenvalue weighted by Crippen LogP contribution is 2.49. The van der Waals surface area contributed by atoms with Gasteiger partial charge in [0.1, 0.15) is 0 Å². The summed E-state index contributed by atoms with van der Waals surface area (Å²) in [5.74, 6) is 0. The quantitative estimate of drug-likeness (QED) is 0.682. The van der Waals surface area contributed by atoms with Gasteiger partial charge in [-0.05, 0) is 19.8 Å². The smallest absolute Gasteiger partial charge is 0.0903 e. The molecule has 1 aromatic rings. The second kappa shape index (κ2) is 2.29. The Balaban J connectivity index is 2.30. The Morgan fingerprint density at radius 2 is 2.33 bits per heavy atom. The first-order valence-electron chi connectivity index (χ1n) is 4.27. The highest BCUT2D eigenvalue weighted by Gasteiger charge is 2.49. The fourth-order valence-corrected chi connectivity index (χ4v) is 1.65. The van der Waals surface area contributed by atoms with Crippen LogP contribution in [0, 0.1) is 0 Å². The first-order valence-corrected chi connectivity index (χ1v) is 4.27. The number of hydrogen-bond donors (Lipinski definition) is 1. The number of hydrogen-bond acceptors (Lipinski definition) is 3. The molecule has 1 fully saturated rings. The van der Waals surface area contributed by atoms with Crippen LogP contribution in [0.15, 0.2) is 6.20 Å². The van der Waals surface area contributed by atoms with E-state index in [4.69, 9.17) is 5.73 Å². The van der Waals surface area contributed by atoms with E-state index in [1.165, 1.54) is 0 Å². The van der Waals surface area contributed by atoms with E-state index >= 15 is 0 Å². The lowest BCUT2D eigenvalue weighted by Gasteiger charge is -2.15. The molecule has 0 saturated heterocycles. The average molecular weight is 166 g/mol. The van der Waals surface area contributed by atoms with Crippen molar-refractivity contribution in [3.05, 3.63) is 11.9 Å². The molecule has 4 heteroatoms. The van der Waals surface area contributed by atoms with Crippen molar-refractivity contribution in [1.29, 1.82) is 0 Å². The Kier molecular flexibility index (Phi) is 1.48. The van der Waals surface area contributed by atoms with Gasteiger partial charge in [0.2, 0.25) is 0 Å². The molecule has 0 spiro atoms. The zero-order valence-corrected chi connectivity index (χ0v) is 7.49. The molecule has 0 amide bonds. The van der Waals surface area contributed by atoms with Crippen LogP contribution >= 0.6 is 0 Å². The van der Waals surface area contributed by atoms with Gasteiger partial charge in [0.15, 0.2) is 0 Å². The maximum absolute atomic E-state index is 5.90. The topological polar surface area (TPSA) is 56.7 Å². The standard InChI is InChI=1S/C8H14N4/c1-6(9)8(3-4-8)7-5-12(2)11-10-7/h5-6H,3-4,9H2,1-2H3. The molecule has 12 heavy (non-hydrogen) atoms. The number of nitrogens with two attached hydrogens (primary N) is 1. The van der Waals surface area contributed by atoms with Crippen molar-refractivity contribution in [2.75, 3.05) is 0 Å². The van der Waals surface area contributed by atoms with E-state index in [0.717, 1.165) is 18.5 Å². The minimum absolute atomic E-state index is 0.147. The van der Waals surface area contributed by atoms with Crippen LogP contribution in [0.5, 0.6) is 0 Å². The Morgan fingerprint density at radius 1 is 1.67 bits per heavy atom. The molecule has 4 nitrogen and oxygen atoms in total. The third-order valence-electron chi connectivity index (χ3n) is 2.77. The molecule has 2 rings (SSSR count). The summed E-state index contributed by atoms with van der Waals surface area (Å²) < 4.78 is 1.73. The summed E-state index contributed by atoms with van der Waals surface area (Å²) in [5.41, 5.74) is 7.10. The molecular weight excluding hydrogens is 152 g/mol. The highest BCUT2D eigenvalue weighted by molar-refractivity contribution is 5.24. The summed E-state index contributed by atoms with van der Waals surface area (Å²) in [6.45, 7) is 2.04. The van der Waals surface area contributed by atoms with E-state index in [2.05, 4.69) is 10.3 Å². The van der Waals surface area contributed by atoms with Gasteiger partial charge in [-0.25, -0.2) is 0 Å². The second-order valence-corrected chi connectivity index (χ2v) is 3.72. The van der Waals surface area contributed by atoms with Gasteiger partial charge < -0.3 is 5.73 Å². The van der Waals surface area contributed by atoms with E-state index in [-0.39, 0.29) is 11.5 Å². The molecule has 0 aromatic carbocycles. The molecule has 0 aliphatic heterocycles. The number of rotatable bonds is 2. The zero-order valence-electron chi connectivity index (χ0n) is 7.49. The molecule has 1 heterocycles. The molecule has 1 aliphatic rings. The van der Waals surface area contributed by atoms with Crippen molar-refractivity contribution in [2.24, 2.45) is 12.8 Å². The monoisotopic (exact) mass is 166 g/mol. The summed E-state index contributed by atoms with van der Waals surface area (Å²) in [6, 6.07) is 0.189. The first kappa shape index (κ1) is 7.73. The second-order valence-electron chi connectivity index (χ2n) is 3.72. The van der Waals surface area contributed by atoms with Crippen molar-refractivity contribution in [3.63, 3.8) is 0 Å². The molecule has 1 atom stereocenters. The third kappa shape index (κ3) is 0.948. The van der Waals surface area contributed by atoms with Crippen molar-refractivity contribution in [1.82, 2.24) is 15.0 Å². The van der Waals surface area contributed by atoms with Crippen LogP contribution in [0.2, 0.25) is 0 Å². The van der Waals surface area contributed by atoms with E-state index in [0.29, 0.717) is 0 Å². The lowest BCUT2D eigenvalue weighted by atomic mass is 9.95. The number of aryl methyl sites for hydroxylation is 1. The van der Waals surface area contributed by atoms with Crippen LogP contribution in [-0.4, -0.2) is 21.0 Å². The van der Waals surface area contributed by atoms with Crippen LogP contribution < -0.4 is 5.73 Å². The summed E-state index contributed by atoms with van der Waals surface area (Å²) in [7, 11) is 1.88. The highest BCUT2D eigenvalue weighted by atomic mass is 15.4. The average Bonchev–Trinajstić information content (AvgIpc) is 2.71. The van der Waals surface area contributed by atoms with Crippen molar-refractivity contribution in [3.8, 4) is 0 Å². The van der Waals surface area contributed by atoms with Gasteiger partial charge in [-0.2, -0.15) is 0 Å². The van der Waals surface area contributed by atoms with Gasteiger partial charge in [-0.3, -0.25) is 4.68 Å². The normalized spacial score (nSPS) is 22.2. The van der Waals surface area contributed by atoms with Gasteiger partial charge in [0.05, 0.1) is 5.69 Å². The minimum atomic E-state index is 0.147. The van der Waals surface area contributed by atoms with E-state index in [1.54, 1.807) is 4.68 Å². The van der Waals surface area contributed by atoms with Gasteiger partial charge >= 0.3 is 0 Å². The molecule has 1 unspecified atom stereocenters. The summed E-state index contributed by atoms with van der Waals surface area (Å²) >= 11 is 0. The van der Waals surface area contributed by atoms with Crippen molar-refractivity contribution < 1.29 is 0 Å². The van der Waals surface area contributed by atoms with Gasteiger partial charge in [-0.15, -0.1) is 5.10 Å². The third-order valence-corrected chi connectivity index (χ3v) is 2.77. The summed E-state index contributed by atoms with van der Waals surface area (Å²) in [4.78, 5) is 0. The molecule has 1 aliphatic carbocycles. The van der Waals surface area contributed by atoms with Gasteiger partial charge in [0, 0.05) is 24.7 Å². The maximum Gasteiger partial charge on any atom is 0.0903 e. The molecule has 0 bridgehead atoms. The minimum Gasteiger partial charge on any atom is -0.327 e. The number of aromatic nitrogens is 3. The fraction of sp³-hybridized carbons (Fsp3) is 0.750. The number of nitrogens with zero attached hydrogens (tertiary/aromatic N) is 3. The van der Waals surface area contributed by atoms with Gasteiger partial charge in [0.25, 0.3) is 0 Å². The zero-order chi connectivity index (χ0) is 8.77. The Morgan fingerprint density at radius 3 is 2.67 bits per heavy atom.